The van der Waals surface area contributed by atoms with Crippen molar-refractivity contribution in [1.29, 1.82) is 0 Å². The fourth-order valence-electron chi connectivity index (χ4n) is 7.00. The number of unbranched alkanes of at least 4 members (excludes halogenated alkanes) is 3. The van der Waals surface area contributed by atoms with Gasteiger partial charge in [-0.15, -0.1) is 0 Å². The number of carbonyl (C=O) groups is 2. The van der Waals surface area contributed by atoms with Crippen LogP contribution in [0, 0.1) is 0 Å². The summed E-state index contributed by atoms with van der Waals surface area (Å²) < 4.78 is 34.7. The van der Waals surface area contributed by atoms with Crippen molar-refractivity contribution in [3.8, 4) is 11.5 Å². The normalized spacial score (nSPS) is 29.9. The average molecular weight is 839 g/mol. The van der Waals surface area contributed by atoms with Crippen LogP contribution in [0.4, 0.5) is 0 Å². The zero-order chi connectivity index (χ0) is 43.2. The first-order valence-electron chi connectivity index (χ1n) is 19.8. The van der Waals surface area contributed by atoms with E-state index in [0.29, 0.717) is 0 Å². The van der Waals surface area contributed by atoms with Gasteiger partial charge in [-0.25, -0.2) is 9.59 Å². The molecule has 8 N–H and O–H groups in total. The number of aliphatic hydroxyl groups excluding tert-OH is 6. The molecule has 0 aliphatic carbocycles. The first-order chi connectivity index (χ1) is 28.9. The van der Waals surface area contributed by atoms with Crippen LogP contribution in [-0.2, 0) is 50.4 Å². The van der Waals surface area contributed by atoms with Gasteiger partial charge in [-0.3, -0.25) is 0 Å². The number of ether oxygens (including phenoxy) is 6. The van der Waals surface area contributed by atoms with Gasteiger partial charge in [0, 0.05) is 18.2 Å². The van der Waals surface area contributed by atoms with Gasteiger partial charge in [-0.05, 0) is 42.5 Å². The molecular formula is C44H54O16. The maximum absolute atomic E-state index is 13.3. The van der Waals surface area contributed by atoms with Crippen molar-refractivity contribution in [2.45, 2.75) is 113 Å². The summed E-state index contributed by atoms with van der Waals surface area (Å²) in [4.78, 5) is 25.8. The zero-order valence-electron chi connectivity index (χ0n) is 33.1. The van der Waals surface area contributed by atoms with E-state index in [0.717, 1.165) is 49.5 Å². The first-order valence-corrected chi connectivity index (χ1v) is 19.8. The lowest BCUT2D eigenvalue weighted by Crippen LogP contribution is -2.67. The second kappa shape index (κ2) is 22.2. The van der Waals surface area contributed by atoms with Crippen LogP contribution >= 0.6 is 0 Å². The molecule has 0 aromatic heterocycles. The summed E-state index contributed by atoms with van der Waals surface area (Å²) >= 11 is 0. The molecule has 0 bridgehead atoms. The van der Waals surface area contributed by atoms with E-state index in [1.807, 2.05) is 18.2 Å². The number of hydrogen-bond donors (Lipinski definition) is 8. The third kappa shape index (κ3) is 11.8. The highest BCUT2D eigenvalue weighted by molar-refractivity contribution is 5.87. The molecule has 2 fully saturated rings. The van der Waals surface area contributed by atoms with Crippen LogP contribution in [0.5, 0.6) is 11.5 Å². The van der Waals surface area contributed by atoms with Crippen LogP contribution in [0.3, 0.4) is 0 Å². The summed E-state index contributed by atoms with van der Waals surface area (Å²) in [6.45, 7) is 0.374. The molecule has 5 rings (SSSR count). The van der Waals surface area contributed by atoms with Crippen LogP contribution < -0.4 is 0 Å². The Bertz CT molecular complexity index is 1860. The van der Waals surface area contributed by atoms with Gasteiger partial charge in [0.2, 0.25) is 5.79 Å². The number of aliphatic hydroxyl groups is 6. The molecule has 0 saturated carbocycles. The maximum Gasteiger partial charge on any atom is 0.331 e. The highest BCUT2D eigenvalue weighted by Gasteiger charge is 2.63. The number of carbonyl (C=O) groups excluding carboxylic acids is 2. The predicted octanol–water partition coefficient (Wildman–Crippen LogP) is 2.45. The van der Waals surface area contributed by atoms with E-state index < -0.39 is 97.9 Å². The molecule has 1 unspecified atom stereocenters. The van der Waals surface area contributed by atoms with E-state index in [9.17, 15) is 50.4 Å². The number of aromatic hydroxyl groups is 2. The lowest BCUT2D eigenvalue weighted by atomic mass is 9.86. The molecule has 3 heterocycles. The molecule has 0 amide bonds. The van der Waals surface area contributed by atoms with Crippen molar-refractivity contribution in [3.63, 3.8) is 0 Å². The highest BCUT2D eigenvalue weighted by Crippen LogP contribution is 2.51. The van der Waals surface area contributed by atoms with Crippen LogP contribution in [0.15, 0.2) is 97.1 Å². The van der Waals surface area contributed by atoms with Gasteiger partial charge in [0.05, 0.1) is 24.9 Å². The number of rotatable bonds is 18. The monoisotopic (exact) mass is 838 g/mol. The van der Waals surface area contributed by atoms with Gasteiger partial charge in [0.1, 0.15) is 54.7 Å². The summed E-state index contributed by atoms with van der Waals surface area (Å²) in [5.74, 6) is -4.95. The number of hydrogen-bond acceptors (Lipinski definition) is 16. The molecule has 16 heteroatoms. The number of benzene rings is 2. The standard InChI is InChI=1S/C44H54O16/c1-2-3-4-5-6-7-12-17-29(46)18-13-9-14-19-35(50)58-41-40(32(24-45)60-44(42(41)54)36-28(25-56-44)22-30(47)23-31(36)48)59-43-39(53)38(52)37(51)33(57-43)26-55-34(49)21-20-27-15-10-8-11-16-27/h6-17,19-23,29,32-33,37-43,45-48,51-54H,2-5,18,24-26H2,1H3/b7-6+,13-9+,17-12+,19-14+,21-20+/t29?,32-,33-,37+,38+,39-,40-,41+,42-,43+,44+/m1/s1. The summed E-state index contributed by atoms with van der Waals surface area (Å²) in [6, 6.07) is 11.1. The minimum atomic E-state index is -2.27. The summed E-state index contributed by atoms with van der Waals surface area (Å²) in [5, 5.41) is 86.2. The molecule has 0 radical (unpaired) electrons. The molecular weight excluding hydrogens is 784 g/mol. The van der Waals surface area contributed by atoms with E-state index in [-0.39, 0.29) is 29.9 Å². The lowest BCUT2D eigenvalue weighted by molar-refractivity contribution is -0.395. The molecule has 2 saturated heterocycles. The Balaban J connectivity index is 1.32. The maximum atomic E-state index is 13.3. The van der Waals surface area contributed by atoms with Gasteiger partial charge in [-0.1, -0.05) is 92.6 Å². The fraction of sp³-hybridized carbons (Fsp3) is 0.455. The van der Waals surface area contributed by atoms with Gasteiger partial charge in [0.25, 0.3) is 0 Å². The first kappa shape index (κ1) is 46.3. The van der Waals surface area contributed by atoms with Gasteiger partial charge in [-0.2, -0.15) is 0 Å². The molecule has 60 heavy (non-hydrogen) atoms. The van der Waals surface area contributed by atoms with E-state index in [1.54, 1.807) is 42.5 Å². The summed E-state index contributed by atoms with van der Waals surface area (Å²) in [5.41, 5.74) is 0.825. The third-order valence-electron chi connectivity index (χ3n) is 10.1. The number of phenolic OH excluding ortho intramolecular Hbond substituents is 2. The number of allylic oxidation sites excluding steroid dienone is 5. The molecule has 3 aliphatic rings. The largest absolute Gasteiger partial charge is 0.508 e. The number of fused-ring (bicyclic) bond motifs is 2. The van der Waals surface area contributed by atoms with Gasteiger partial charge in [0.15, 0.2) is 18.5 Å². The van der Waals surface area contributed by atoms with Crippen LogP contribution in [0.2, 0.25) is 0 Å². The van der Waals surface area contributed by atoms with Crippen LogP contribution in [0.1, 0.15) is 55.7 Å². The quantitative estimate of drug-likeness (QED) is 0.0465. The minimum absolute atomic E-state index is 0.112. The van der Waals surface area contributed by atoms with Gasteiger partial charge < -0.3 is 69.3 Å². The Labute approximate surface area is 347 Å². The van der Waals surface area contributed by atoms with E-state index >= 15 is 0 Å². The van der Waals surface area contributed by atoms with Gasteiger partial charge >= 0.3 is 11.9 Å². The Morgan fingerprint density at radius 1 is 0.900 bits per heavy atom. The topological polar surface area (TPSA) is 251 Å². The van der Waals surface area contributed by atoms with Crippen LogP contribution in [-0.4, -0.2) is 127 Å². The van der Waals surface area contributed by atoms with E-state index in [1.165, 1.54) is 24.3 Å². The van der Waals surface area contributed by atoms with Crippen molar-refractivity contribution < 1.29 is 78.9 Å². The number of phenols is 2. The van der Waals surface area contributed by atoms with Crippen molar-refractivity contribution in [3.05, 3.63) is 114 Å². The summed E-state index contributed by atoms with van der Waals surface area (Å²) in [6.07, 6.45) is 3.22. The molecule has 2 aromatic carbocycles. The Kier molecular flexibility index (Phi) is 17.2. The average Bonchev–Trinajstić information content (AvgIpc) is 3.60. The SMILES string of the molecule is CCCCC/C=C/C=C/C(O)C/C=C/C=C/C(=O)O[C@H]1[C@H](O[C@@H]2O[C@H](COC(=O)/C=C/c3ccccc3)[C@H](O)[C@H](O)[C@H]2O)[C@@H](CO)O[C@]2(OCc3cc(O)cc(O)c32)[C@@H]1O. The van der Waals surface area contributed by atoms with Crippen molar-refractivity contribution in [1.82, 2.24) is 0 Å². The summed E-state index contributed by atoms with van der Waals surface area (Å²) in [7, 11) is 0. The van der Waals surface area contributed by atoms with Crippen molar-refractivity contribution >= 4 is 18.0 Å². The Hall–Kier alpha value is -4.72. The third-order valence-corrected chi connectivity index (χ3v) is 10.1. The molecule has 3 aliphatic heterocycles. The second-order valence-corrected chi connectivity index (χ2v) is 14.5. The Morgan fingerprint density at radius 3 is 2.42 bits per heavy atom. The fourth-order valence-corrected chi connectivity index (χ4v) is 7.00. The number of esters is 2. The Morgan fingerprint density at radius 2 is 1.67 bits per heavy atom. The zero-order valence-corrected chi connectivity index (χ0v) is 33.1. The molecule has 1 spiro atoms. The van der Waals surface area contributed by atoms with Crippen molar-refractivity contribution in [2.24, 2.45) is 0 Å². The molecule has 326 valence electrons. The second-order valence-electron chi connectivity index (χ2n) is 14.5. The van der Waals surface area contributed by atoms with Crippen LogP contribution in [0.25, 0.3) is 6.08 Å². The van der Waals surface area contributed by atoms with Crippen molar-refractivity contribution in [2.75, 3.05) is 13.2 Å². The van der Waals surface area contributed by atoms with E-state index in [4.69, 9.17) is 28.4 Å². The highest BCUT2D eigenvalue weighted by atomic mass is 16.8. The van der Waals surface area contributed by atoms with E-state index in [2.05, 4.69) is 6.92 Å². The minimum Gasteiger partial charge on any atom is -0.508 e. The lowest BCUT2D eigenvalue weighted by Gasteiger charge is -2.50. The smallest absolute Gasteiger partial charge is 0.331 e. The molecule has 11 atom stereocenters. The predicted molar refractivity (Wildman–Crippen MR) is 213 cm³/mol. The molecule has 16 nitrogen and oxygen atoms in total. The molecule has 2 aromatic rings.